The molecule has 3 aromatic carbocycles. The molecule has 0 atom stereocenters. The Morgan fingerprint density at radius 1 is 1.04 bits per heavy atom. The van der Waals surface area contributed by atoms with Crippen LogP contribution in [0.3, 0.4) is 0 Å². The van der Waals surface area contributed by atoms with Crippen LogP contribution < -0.4 is 5.32 Å². The van der Waals surface area contributed by atoms with Crippen LogP contribution in [0.5, 0.6) is 0 Å². The number of anilines is 1. The van der Waals surface area contributed by atoms with Gasteiger partial charge in [0.1, 0.15) is 0 Å². The predicted octanol–water partition coefficient (Wildman–Crippen LogP) is 4.35. The Labute approximate surface area is 149 Å². The first-order valence-corrected chi connectivity index (χ1v) is 7.78. The Morgan fingerprint density at radius 3 is 2.54 bits per heavy atom. The predicted molar refractivity (Wildman–Crippen MR) is 98.9 cm³/mol. The molecule has 0 aliphatic heterocycles. The van der Waals surface area contributed by atoms with Gasteiger partial charge in [-0.3, -0.25) is 15.4 Å². The van der Waals surface area contributed by atoms with E-state index >= 15 is 0 Å². The number of nitrogens with zero attached hydrogens (tertiary/aromatic N) is 1. The van der Waals surface area contributed by atoms with Crippen LogP contribution in [0.15, 0.2) is 66.7 Å². The minimum Gasteiger partial charge on any atom is -0.436 e. The molecule has 0 aliphatic rings. The van der Waals surface area contributed by atoms with E-state index in [9.17, 15) is 14.9 Å². The van der Waals surface area contributed by atoms with E-state index in [-0.39, 0.29) is 12.3 Å². The lowest BCUT2D eigenvalue weighted by Crippen LogP contribution is -2.14. The van der Waals surface area contributed by atoms with Crippen molar-refractivity contribution in [3.63, 3.8) is 0 Å². The van der Waals surface area contributed by atoms with Gasteiger partial charge in [0.15, 0.2) is 6.61 Å². The van der Waals surface area contributed by atoms with E-state index < -0.39 is 11.0 Å². The number of nitrogens with one attached hydrogen (secondary N) is 1. The standard InChI is InChI=1S/C20H14N2O4/c23-20(21-19-9-3-7-16-6-1-2-8-18(16)19)26-14-4-5-15-10-12-17(13-11-15)22(24)25/h1-3,6-13H,14H2,(H,21,23). The summed E-state index contributed by atoms with van der Waals surface area (Å²) < 4.78 is 5.05. The highest BCUT2D eigenvalue weighted by molar-refractivity contribution is 6.00. The lowest BCUT2D eigenvalue weighted by atomic mass is 10.1. The number of nitro benzene ring substituents is 1. The van der Waals surface area contributed by atoms with Gasteiger partial charge < -0.3 is 4.74 Å². The molecule has 0 bridgehead atoms. The number of non-ortho nitro benzene ring substituents is 1. The zero-order valence-electron chi connectivity index (χ0n) is 13.6. The van der Waals surface area contributed by atoms with Crippen molar-refractivity contribution < 1.29 is 14.5 Å². The molecular formula is C20H14N2O4. The molecule has 26 heavy (non-hydrogen) atoms. The van der Waals surface area contributed by atoms with Gasteiger partial charge in [-0.1, -0.05) is 48.2 Å². The summed E-state index contributed by atoms with van der Waals surface area (Å²) in [4.78, 5) is 22.0. The number of amides is 1. The van der Waals surface area contributed by atoms with E-state index in [1.165, 1.54) is 12.1 Å². The fraction of sp³-hybridized carbons (Fsp3) is 0.0500. The Kier molecular flexibility index (Phi) is 5.11. The largest absolute Gasteiger partial charge is 0.436 e. The lowest BCUT2D eigenvalue weighted by molar-refractivity contribution is -0.384. The number of carbonyl (C=O) groups excluding carboxylic acids is 1. The van der Waals surface area contributed by atoms with Crippen LogP contribution in [0.25, 0.3) is 10.8 Å². The van der Waals surface area contributed by atoms with Crippen LogP contribution in [-0.4, -0.2) is 17.6 Å². The van der Waals surface area contributed by atoms with E-state index in [0.29, 0.717) is 11.3 Å². The summed E-state index contributed by atoms with van der Waals surface area (Å²) in [5.41, 5.74) is 1.27. The average molecular weight is 346 g/mol. The molecule has 0 heterocycles. The van der Waals surface area contributed by atoms with Crippen molar-refractivity contribution in [2.24, 2.45) is 0 Å². The monoisotopic (exact) mass is 346 g/mol. The molecule has 0 fully saturated rings. The molecule has 0 aliphatic carbocycles. The van der Waals surface area contributed by atoms with Crippen LogP contribution in [0.2, 0.25) is 0 Å². The van der Waals surface area contributed by atoms with Crippen molar-refractivity contribution in [1.82, 2.24) is 0 Å². The third-order valence-electron chi connectivity index (χ3n) is 3.61. The molecule has 0 unspecified atom stereocenters. The molecule has 1 N–H and O–H groups in total. The Hall–Kier alpha value is -3.85. The molecular weight excluding hydrogens is 332 g/mol. The molecule has 0 spiro atoms. The van der Waals surface area contributed by atoms with Crippen LogP contribution in [0, 0.1) is 22.0 Å². The Balaban J connectivity index is 1.57. The second-order valence-electron chi connectivity index (χ2n) is 5.33. The molecule has 0 aromatic heterocycles. The molecule has 6 heteroatoms. The first-order chi connectivity index (χ1) is 12.6. The second-order valence-corrected chi connectivity index (χ2v) is 5.33. The van der Waals surface area contributed by atoms with Crippen LogP contribution >= 0.6 is 0 Å². The number of benzene rings is 3. The highest BCUT2D eigenvalue weighted by atomic mass is 16.6. The smallest absolute Gasteiger partial charge is 0.412 e. The van der Waals surface area contributed by atoms with Crippen molar-refractivity contribution in [3.8, 4) is 11.8 Å². The van der Waals surface area contributed by atoms with E-state index in [2.05, 4.69) is 17.2 Å². The maximum absolute atomic E-state index is 11.9. The normalized spacial score (nSPS) is 9.85. The van der Waals surface area contributed by atoms with Crippen LogP contribution in [0.4, 0.5) is 16.2 Å². The van der Waals surface area contributed by atoms with Crippen molar-refractivity contribution in [1.29, 1.82) is 0 Å². The summed E-state index contributed by atoms with van der Waals surface area (Å²) in [6.07, 6.45) is -0.598. The van der Waals surface area contributed by atoms with E-state index in [1.807, 2.05) is 36.4 Å². The quantitative estimate of drug-likeness (QED) is 0.434. The second kappa shape index (κ2) is 7.81. The highest BCUT2D eigenvalue weighted by Gasteiger charge is 2.05. The molecule has 128 valence electrons. The van der Waals surface area contributed by atoms with Gasteiger partial charge in [-0.05, 0) is 23.6 Å². The van der Waals surface area contributed by atoms with Crippen molar-refractivity contribution in [2.75, 3.05) is 11.9 Å². The average Bonchev–Trinajstić information content (AvgIpc) is 2.66. The number of ether oxygens (including phenoxy) is 1. The van der Waals surface area contributed by atoms with Gasteiger partial charge in [0.25, 0.3) is 5.69 Å². The van der Waals surface area contributed by atoms with Gasteiger partial charge in [-0.25, -0.2) is 4.79 Å². The molecule has 0 saturated heterocycles. The maximum atomic E-state index is 11.9. The number of hydrogen-bond acceptors (Lipinski definition) is 4. The zero-order valence-corrected chi connectivity index (χ0v) is 13.6. The molecule has 3 rings (SSSR count). The van der Waals surface area contributed by atoms with E-state index in [0.717, 1.165) is 10.8 Å². The van der Waals surface area contributed by atoms with Crippen LogP contribution in [-0.2, 0) is 4.74 Å². The third kappa shape index (κ3) is 4.16. The summed E-state index contributed by atoms with van der Waals surface area (Å²) in [5.74, 6) is 5.48. The first kappa shape index (κ1) is 17.0. The zero-order chi connectivity index (χ0) is 18.4. The van der Waals surface area contributed by atoms with E-state index in [1.54, 1.807) is 18.2 Å². The van der Waals surface area contributed by atoms with E-state index in [4.69, 9.17) is 4.74 Å². The number of rotatable bonds is 3. The SMILES string of the molecule is O=C(Nc1cccc2ccccc12)OCC#Cc1ccc([N+](=O)[O-])cc1. The number of hydrogen-bond donors (Lipinski definition) is 1. The topological polar surface area (TPSA) is 81.5 Å². The number of carbonyl (C=O) groups is 1. The van der Waals surface area contributed by atoms with Crippen molar-refractivity contribution >= 4 is 28.2 Å². The summed E-state index contributed by atoms with van der Waals surface area (Å²) in [5, 5.41) is 15.2. The first-order valence-electron chi connectivity index (χ1n) is 7.78. The van der Waals surface area contributed by atoms with Gasteiger partial charge in [-0.15, -0.1) is 0 Å². The lowest BCUT2D eigenvalue weighted by Gasteiger charge is -2.08. The highest BCUT2D eigenvalue weighted by Crippen LogP contribution is 2.22. The minimum atomic E-state index is -0.598. The van der Waals surface area contributed by atoms with Gasteiger partial charge >= 0.3 is 6.09 Å². The third-order valence-corrected chi connectivity index (χ3v) is 3.61. The Morgan fingerprint density at radius 2 is 1.77 bits per heavy atom. The van der Waals surface area contributed by atoms with Crippen molar-refractivity contribution in [3.05, 3.63) is 82.4 Å². The summed E-state index contributed by atoms with van der Waals surface area (Å²) in [6.45, 7) is -0.0897. The molecule has 6 nitrogen and oxygen atoms in total. The fourth-order valence-corrected chi connectivity index (χ4v) is 2.39. The summed E-state index contributed by atoms with van der Waals surface area (Å²) >= 11 is 0. The summed E-state index contributed by atoms with van der Waals surface area (Å²) in [7, 11) is 0. The van der Waals surface area contributed by atoms with Gasteiger partial charge in [-0.2, -0.15) is 0 Å². The van der Waals surface area contributed by atoms with Gasteiger partial charge in [0, 0.05) is 23.1 Å². The molecule has 1 amide bonds. The van der Waals surface area contributed by atoms with Crippen molar-refractivity contribution in [2.45, 2.75) is 0 Å². The minimum absolute atomic E-state index is 0.00117. The molecule has 0 saturated carbocycles. The Bertz CT molecular complexity index is 1010. The molecule has 3 aromatic rings. The fourth-order valence-electron chi connectivity index (χ4n) is 2.39. The maximum Gasteiger partial charge on any atom is 0.412 e. The number of nitro groups is 1. The van der Waals surface area contributed by atoms with Crippen LogP contribution in [0.1, 0.15) is 5.56 Å². The summed E-state index contributed by atoms with van der Waals surface area (Å²) in [6, 6.07) is 19.1. The molecule has 0 radical (unpaired) electrons. The van der Waals surface area contributed by atoms with Gasteiger partial charge in [0.05, 0.1) is 10.6 Å². The number of fused-ring (bicyclic) bond motifs is 1. The van der Waals surface area contributed by atoms with Gasteiger partial charge in [0.2, 0.25) is 0 Å².